The maximum absolute atomic E-state index is 5.73. The first-order chi connectivity index (χ1) is 7.20. The minimum Gasteiger partial charge on any atom is -0.441 e. The molecular formula is C11H9BrClNO. The third-order valence-electron chi connectivity index (χ3n) is 2.11. The minimum absolute atomic E-state index is 0.381. The van der Waals surface area contributed by atoms with Gasteiger partial charge in [0.05, 0.1) is 11.6 Å². The van der Waals surface area contributed by atoms with Gasteiger partial charge >= 0.3 is 0 Å². The van der Waals surface area contributed by atoms with E-state index in [0.717, 1.165) is 21.5 Å². The van der Waals surface area contributed by atoms with Crippen molar-refractivity contribution in [3.05, 3.63) is 40.2 Å². The highest BCUT2D eigenvalue weighted by Gasteiger charge is 2.09. The van der Waals surface area contributed by atoms with Crippen LogP contribution in [0.4, 0.5) is 0 Å². The lowest BCUT2D eigenvalue weighted by molar-refractivity contribution is 0.540. The second-order valence-corrected chi connectivity index (χ2v) is 4.35. The molecule has 0 atom stereocenters. The van der Waals surface area contributed by atoms with E-state index < -0.39 is 0 Å². The van der Waals surface area contributed by atoms with E-state index in [1.165, 1.54) is 0 Å². The van der Waals surface area contributed by atoms with Gasteiger partial charge in [0.25, 0.3) is 0 Å². The summed E-state index contributed by atoms with van der Waals surface area (Å²) in [7, 11) is 0. The molecule has 0 aliphatic heterocycles. The molecule has 4 heteroatoms. The molecule has 0 N–H and O–H groups in total. The summed E-state index contributed by atoms with van der Waals surface area (Å²) >= 11 is 9.11. The predicted molar refractivity (Wildman–Crippen MR) is 63.9 cm³/mol. The number of oxazole rings is 1. The van der Waals surface area contributed by atoms with E-state index in [2.05, 4.69) is 20.9 Å². The molecule has 1 aromatic heterocycles. The van der Waals surface area contributed by atoms with Crippen molar-refractivity contribution in [3.8, 4) is 11.5 Å². The molecule has 1 heterocycles. The number of alkyl halides is 1. The number of rotatable bonds is 2. The Labute approximate surface area is 101 Å². The summed E-state index contributed by atoms with van der Waals surface area (Å²) in [6, 6.07) is 7.81. The SMILES string of the molecule is Cc1oc(-c2ccc(Br)cc2)nc1CCl. The number of nitrogens with zero attached hydrogens (tertiary/aromatic N) is 1. The summed E-state index contributed by atoms with van der Waals surface area (Å²) in [6.45, 7) is 1.87. The second kappa shape index (κ2) is 4.37. The van der Waals surface area contributed by atoms with E-state index in [1.54, 1.807) is 0 Å². The number of aryl methyl sites for hydroxylation is 1. The lowest BCUT2D eigenvalue weighted by atomic mass is 10.2. The number of halogens is 2. The van der Waals surface area contributed by atoms with Gasteiger partial charge in [0.1, 0.15) is 5.76 Å². The van der Waals surface area contributed by atoms with Crippen LogP contribution in [0.2, 0.25) is 0 Å². The molecule has 78 valence electrons. The molecule has 0 saturated heterocycles. The summed E-state index contributed by atoms with van der Waals surface area (Å²) in [4.78, 5) is 4.31. The highest BCUT2D eigenvalue weighted by atomic mass is 79.9. The number of aromatic nitrogens is 1. The van der Waals surface area contributed by atoms with E-state index in [1.807, 2.05) is 31.2 Å². The Hall–Kier alpha value is -0.800. The lowest BCUT2D eigenvalue weighted by Gasteiger charge is -1.94. The maximum atomic E-state index is 5.73. The fourth-order valence-corrected chi connectivity index (χ4v) is 1.78. The number of hydrogen-bond donors (Lipinski definition) is 0. The number of hydrogen-bond acceptors (Lipinski definition) is 2. The van der Waals surface area contributed by atoms with Crippen molar-refractivity contribution in [1.29, 1.82) is 0 Å². The van der Waals surface area contributed by atoms with Gasteiger partial charge in [-0.2, -0.15) is 0 Å². The Morgan fingerprint density at radius 3 is 2.53 bits per heavy atom. The Bertz CT molecular complexity index is 464. The van der Waals surface area contributed by atoms with Crippen molar-refractivity contribution in [1.82, 2.24) is 4.98 Å². The molecule has 1 aromatic carbocycles. The maximum Gasteiger partial charge on any atom is 0.226 e. The summed E-state index contributed by atoms with van der Waals surface area (Å²) in [5.74, 6) is 1.78. The quantitative estimate of drug-likeness (QED) is 0.775. The summed E-state index contributed by atoms with van der Waals surface area (Å²) in [5, 5.41) is 0. The van der Waals surface area contributed by atoms with E-state index in [9.17, 15) is 0 Å². The van der Waals surface area contributed by atoms with Crippen molar-refractivity contribution in [2.75, 3.05) is 0 Å². The molecule has 0 amide bonds. The first-order valence-electron chi connectivity index (χ1n) is 4.49. The average Bonchev–Trinajstić information content (AvgIpc) is 2.61. The Kier molecular flexibility index (Phi) is 3.12. The Balaban J connectivity index is 2.41. The summed E-state index contributed by atoms with van der Waals surface area (Å²) in [5.41, 5.74) is 1.76. The molecule has 2 rings (SSSR count). The van der Waals surface area contributed by atoms with Crippen molar-refractivity contribution in [2.45, 2.75) is 12.8 Å². The lowest BCUT2D eigenvalue weighted by Crippen LogP contribution is -1.80. The highest BCUT2D eigenvalue weighted by Crippen LogP contribution is 2.23. The molecular weight excluding hydrogens is 277 g/mol. The van der Waals surface area contributed by atoms with E-state index in [0.29, 0.717) is 11.8 Å². The zero-order valence-electron chi connectivity index (χ0n) is 8.13. The third-order valence-corrected chi connectivity index (χ3v) is 2.89. The van der Waals surface area contributed by atoms with E-state index in [4.69, 9.17) is 16.0 Å². The first-order valence-corrected chi connectivity index (χ1v) is 5.81. The van der Waals surface area contributed by atoms with Gasteiger partial charge in [-0.05, 0) is 31.2 Å². The van der Waals surface area contributed by atoms with Crippen LogP contribution in [0.15, 0.2) is 33.2 Å². The smallest absolute Gasteiger partial charge is 0.226 e. The zero-order valence-corrected chi connectivity index (χ0v) is 10.5. The van der Waals surface area contributed by atoms with Crippen LogP contribution in [0.5, 0.6) is 0 Å². The fourth-order valence-electron chi connectivity index (χ4n) is 1.27. The van der Waals surface area contributed by atoms with Gasteiger partial charge in [0.2, 0.25) is 5.89 Å². The van der Waals surface area contributed by atoms with Crippen LogP contribution in [-0.2, 0) is 5.88 Å². The molecule has 0 unspecified atom stereocenters. The van der Waals surface area contributed by atoms with Gasteiger partial charge in [0, 0.05) is 10.0 Å². The molecule has 0 fully saturated rings. The minimum atomic E-state index is 0.381. The van der Waals surface area contributed by atoms with Crippen molar-refractivity contribution >= 4 is 27.5 Å². The van der Waals surface area contributed by atoms with Gasteiger partial charge in [-0.15, -0.1) is 11.6 Å². The molecule has 0 bridgehead atoms. The van der Waals surface area contributed by atoms with Gasteiger partial charge in [-0.1, -0.05) is 15.9 Å². The van der Waals surface area contributed by atoms with Crippen molar-refractivity contribution in [3.63, 3.8) is 0 Å². The largest absolute Gasteiger partial charge is 0.441 e. The van der Waals surface area contributed by atoms with Gasteiger partial charge < -0.3 is 4.42 Å². The standard InChI is InChI=1S/C11H9BrClNO/c1-7-10(6-13)14-11(15-7)8-2-4-9(12)5-3-8/h2-5H,6H2,1H3. The van der Waals surface area contributed by atoms with Crippen LogP contribution in [0.1, 0.15) is 11.5 Å². The topological polar surface area (TPSA) is 26.0 Å². The predicted octanol–water partition coefficient (Wildman–Crippen LogP) is 4.15. The summed E-state index contributed by atoms with van der Waals surface area (Å²) in [6.07, 6.45) is 0. The molecule has 2 nitrogen and oxygen atoms in total. The molecule has 0 aliphatic rings. The highest BCUT2D eigenvalue weighted by molar-refractivity contribution is 9.10. The van der Waals surface area contributed by atoms with Gasteiger partial charge in [-0.3, -0.25) is 0 Å². The van der Waals surface area contributed by atoms with Crippen LogP contribution in [0, 0.1) is 6.92 Å². The molecule has 15 heavy (non-hydrogen) atoms. The zero-order chi connectivity index (χ0) is 10.8. The molecule has 2 aromatic rings. The Morgan fingerprint density at radius 1 is 1.33 bits per heavy atom. The monoisotopic (exact) mass is 285 g/mol. The van der Waals surface area contributed by atoms with Gasteiger partial charge in [-0.25, -0.2) is 4.98 Å². The van der Waals surface area contributed by atoms with Crippen LogP contribution >= 0.6 is 27.5 Å². The van der Waals surface area contributed by atoms with Crippen molar-refractivity contribution in [2.24, 2.45) is 0 Å². The molecule has 0 saturated carbocycles. The first kappa shape index (κ1) is 10.7. The Morgan fingerprint density at radius 2 is 2.00 bits per heavy atom. The fraction of sp³-hybridized carbons (Fsp3) is 0.182. The molecule has 0 spiro atoms. The van der Waals surface area contributed by atoms with Gasteiger partial charge in [0.15, 0.2) is 0 Å². The number of benzene rings is 1. The van der Waals surface area contributed by atoms with Crippen LogP contribution in [0.3, 0.4) is 0 Å². The van der Waals surface area contributed by atoms with Crippen LogP contribution < -0.4 is 0 Å². The van der Waals surface area contributed by atoms with Crippen LogP contribution in [-0.4, -0.2) is 4.98 Å². The second-order valence-electron chi connectivity index (χ2n) is 3.16. The third kappa shape index (κ3) is 2.24. The summed E-state index contributed by atoms with van der Waals surface area (Å²) < 4.78 is 6.55. The van der Waals surface area contributed by atoms with Crippen molar-refractivity contribution < 1.29 is 4.42 Å². The van der Waals surface area contributed by atoms with Crippen LogP contribution in [0.25, 0.3) is 11.5 Å². The van der Waals surface area contributed by atoms with E-state index >= 15 is 0 Å². The molecule has 0 radical (unpaired) electrons. The normalized spacial score (nSPS) is 10.6. The van der Waals surface area contributed by atoms with E-state index in [-0.39, 0.29) is 0 Å². The average molecular weight is 287 g/mol. The molecule has 0 aliphatic carbocycles.